The third kappa shape index (κ3) is 29.2. The lowest BCUT2D eigenvalue weighted by atomic mass is 9.91. The van der Waals surface area contributed by atoms with E-state index in [-0.39, 0.29) is 13.2 Å². The van der Waals surface area contributed by atoms with Crippen LogP contribution in [0.2, 0.25) is 0 Å². The van der Waals surface area contributed by atoms with Crippen molar-refractivity contribution in [2.24, 2.45) is 47.3 Å². The zero-order valence-electron chi connectivity index (χ0n) is 46.5. The Morgan fingerprint density at radius 2 is 0.889 bits per heavy atom. The van der Waals surface area contributed by atoms with Gasteiger partial charge in [0.05, 0.1) is 26.4 Å². The topological polar surface area (TPSA) is 243 Å². The van der Waals surface area contributed by atoms with E-state index in [0.717, 1.165) is 55.3 Å². The number of hydrogen-bond donors (Lipinski definition) is 6. The lowest BCUT2D eigenvalue weighted by molar-refractivity contribution is -0.360. The molecule has 0 amide bonds. The molecule has 2 fully saturated rings. The highest BCUT2D eigenvalue weighted by Gasteiger charge is 2.51. The van der Waals surface area contributed by atoms with Crippen molar-refractivity contribution in [3.8, 4) is 0 Å². The minimum atomic E-state index is -5.20. The molecule has 0 aromatic rings. The van der Waals surface area contributed by atoms with E-state index in [1.165, 1.54) is 103 Å². The van der Waals surface area contributed by atoms with E-state index in [2.05, 4.69) is 73.4 Å². The Labute approximate surface area is 437 Å². The summed E-state index contributed by atoms with van der Waals surface area (Å²) in [6, 6.07) is 0. The first kappa shape index (κ1) is 67.5. The molecule has 17 heteroatoms. The van der Waals surface area contributed by atoms with Crippen molar-refractivity contribution < 1.29 is 76.2 Å². The Bertz CT molecular complexity index is 1440. The molecule has 0 aliphatic carbocycles. The van der Waals surface area contributed by atoms with Crippen molar-refractivity contribution >= 4 is 10.4 Å². The molecule has 2 aliphatic rings. The minimum Gasteiger partial charge on any atom is -0.726 e. The highest BCUT2D eigenvalue weighted by atomic mass is 32.3. The van der Waals surface area contributed by atoms with Gasteiger partial charge in [-0.1, -0.05) is 185 Å². The van der Waals surface area contributed by atoms with Crippen LogP contribution in [0.4, 0.5) is 0 Å². The first-order valence-electron chi connectivity index (χ1n) is 28.4. The average Bonchev–Trinajstić information content (AvgIpc) is 3.30. The van der Waals surface area contributed by atoms with Crippen LogP contribution in [0.25, 0.3) is 0 Å². The lowest BCUT2D eigenvalue weighted by Gasteiger charge is -2.46. The monoisotopic (exact) mass is 1060 g/mol. The number of ether oxygens (including phenoxy) is 6. The molecule has 17 atom stereocenters. The normalized spacial score (nSPS) is 28.3. The van der Waals surface area contributed by atoms with Crippen LogP contribution in [0.1, 0.15) is 198 Å². The predicted molar refractivity (Wildman–Crippen MR) is 278 cm³/mol. The van der Waals surface area contributed by atoms with Crippen LogP contribution in [0.3, 0.4) is 0 Å². The van der Waals surface area contributed by atoms with Crippen LogP contribution in [0, 0.1) is 47.3 Å². The molecule has 72 heavy (non-hydrogen) atoms. The molecule has 430 valence electrons. The van der Waals surface area contributed by atoms with Gasteiger partial charge in [-0.05, 0) is 60.2 Å². The first-order chi connectivity index (χ1) is 34.0. The second-order valence-electron chi connectivity index (χ2n) is 23.5. The smallest absolute Gasteiger partial charge is 0.217 e. The molecule has 0 radical (unpaired) electrons. The van der Waals surface area contributed by atoms with Crippen molar-refractivity contribution in [2.45, 2.75) is 265 Å². The highest BCUT2D eigenvalue weighted by molar-refractivity contribution is 7.80. The molecular weight excluding hydrogens is 949 g/mol. The molecule has 0 spiro atoms. The Morgan fingerprint density at radius 1 is 0.486 bits per heavy atom. The standard InChI is InChI=1S/C55H108O16S/c1-37(2)17-11-19-39(5)21-13-23-41(7)25-15-27-43(9)29-31-65-34-45(66-32-30-44(10)28-16-26-42(8)24-14-22-40(6)20-12-18-38(3)4)35-67-54-52(61)50(59)53(46(33-56)69-54)71-55-51(60)49(58)48(57)47(70-55)36-68-72(62,63)64/h37-61H,11-36H2,1-10H3,(H,62,63,64)/p-1/t39?,40?,41?,42?,43?,44?,45?,46?,47?,48-,49-,50+,51?,52?,53+,54+,55-/m0/s1. The van der Waals surface area contributed by atoms with Gasteiger partial charge in [0, 0.05) is 13.2 Å². The minimum absolute atomic E-state index is 0.0661. The SMILES string of the molecule is CC(C)CCCC(C)CCCC(C)CCCC(C)CCOCC(CO[C@@H]1OC(CO)[C@@H](O[C@@H]2OC(COS(=O)(=O)[O-])[C@H](O)[C@H](O)C2O)[C@H](O)C1O)OCCC(C)CCCC(C)CCCC(C)CCCC(C)C. The van der Waals surface area contributed by atoms with Gasteiger partial charge in [0.25, 0.3) is 0 Å². The van der Waals surface area contributed by atoms with E-state index >= 15 is 0 Å². The fourth-order valence-corrected chi connectivity index (χ4v) is 10.3. The van der Waals surface area contributed by atoms with Gasteiger partial charge in [-0.2, -0.15) is 0 Å². The quantitative estimate of drug-likeness (QED) is 0.0191. The zero-order valence-corrected chi connectivity index (χ0v) is 47.3. The van der Waals surface area contributed by atoms with Gasteiger partial charge in [-0.25, -0.2) is 8.42 Å². The summed E-state index contributed by atoms with van der Waals surface area (Å²) in [6.07, 6.45) is 6.96. The number of rotatable bonds is 42. The van der Waals surface area contributed by atoms with Crippen LogP contribution in [0.15, 0.2) is 0 Å². The van der Waals surface area contributed by atoms with E-state index in [4.69, 9.17) is 28.4 Å². The summed E-state index contributed by atoms with van der Waals surface area (Å²) in [7, 11) is -5.20. The number of aliphatic hydroxyl groups excluding tert-OH is 6. The lowest BCUT2D eigenvalue weighted by Crippen LogP contribution is -2.64. The van der Waals surface area contributed by atoms with Gasteiger partial charge in [0.2, 0.25) is 10.4 Å². The molecule has 6 N–H and O–H groups in total. The van der Waals surface area contributed by atoms with Gasteiger partial charge in [-0.15, -0.1) is 0 Å². The summed E-state index contributed by atoms with van der Waals surface area (Å²) in [6.45, 7) is 22.7. The maximum Gasteiger partial charge on any atom is 0.217 e. The summed E-state index contributed by atoms with van der Waals surface area (Å²) in [5.41, 5.74) is 0. The summed E-state index contributed by atoms with van der Waals surface area (Å²) in [4.78, 5) is 0. The molecule has 0 saturated carbocycles. The van der Waals surface area contributed by atoms with Gasteiger partial charge in [0.1, 0.15) is 54.9 Å². The molecule has 2 rings (SSSR count). The van der Waals surface area contributed by atoms with E-state index < -0.39 is 91.1 Å². The third-order valence-corrected chi connectivity index (χ3v) is 15.6. The van der Waals surface area contributed by atoms with E-state index in [9.17, 15) is 43.6 Å². The maximum atomic E-state index is 11.2. The van der Waals surface area contributed by atoms with E-state index in [1.807, 2.05) is 0 Å². The summed E-state index contributed by atoms with van der Waals surface area (Å²) >= 11 is 0. The van der Waals surface area contributed by atoms with E-state index in [1.54, 1.807) is 0 Å². The molecular formula is C55H107O16S-. The molecule has 11 unspecified atom stereocenters. The van der Waals surface area contributed by atoms with Gasteiger partial charge in [0.15, 0.2) is 12.6 Å². The molecule has 0 aromatic carbocycles. The maximum absolute atomic E-state index is 11.2. The van der Waals surface area contributed by atoms with Gasteiger partial charge < -0.3 is 63.6 Å². The van der Waals surface area contributed by atoms with E-state index in [0.29, 0.717) is 31.0 Å². The third-order valence-electron chi connectivity index (χ3n) is 15.2. The molecule has 0 aromatic heterocycles. The summed E-state index contributed by atoms with van der Waals surface area (Å²) in [5, 5.41) is 64.0. The fraction of sp³-hybridized carbons (Fsp3) is 1.00. The zero-order chi connectivity index (χ0) is 53.8. The van der Waals surface area contributed by atoms with Crippen molar-refractivity contribution in [3.63, 3.8) is 0 Å². The molecule has 2 heterocycles. The van der Waals surface area contributed by atoms with Crippen LogP contribution in [-0.4, -0.2) is 151 Å². The number of aliphatic hydroxyl groups is 6. The van der Waals surface area contributed by atoms with Crippen molar-refractivity contribution in [2.75, 3.05) is 39.6 Å². The molecule has 2 aliphatic heterocycles. The molecule has 0 bridgehead atoms. The van der Waals surface area contributed by atoms with Crippen LogP contribution < -0.4 is 0 Å². The highest BCUT2D eigenvalue weighted by Crippen LogP contribution is 2.31. The van der Waals surface area contributed by atoms with Crippen molar-refractivity contribution in [1.82, 2.24) is 0 Å². The van der Waals surface area contributed by atoms with Crippen molar-refractivity contribution in [1.29, 1.82) is 0 Å². The van der Waals surface area contributed by atoms with Crippen LogP contribution in [0.5, 0.6) is 0 Å². The summed E-state index contributed by atoms with van der Waals surface area (Å²) in [5.74, 6) is 5.55. The van der Waals surface area contributed by atoms with Crippen LogP contribution in [-0.2, 0) is 43.0 Å². The average molecular weight is 1060 g/mol. The fourth-order valence-electron chi connectivity index (χ4n) is 9.99. The second-order valence-corrected chi connectivity index (χ2v) is 24.5. The second kappa shape index (κ2) is 37.2. The molecule has 16 nitrogen and oxygen atoms in total. The summed E-state index contributed by atoms with van der Waals surface area (Å²) < 4.78 is 72.7. The largest absolute Gasteiger partial charge is 0.726 e. The predicted octanol–water partition coefficient (Wildman–Crippen LogP) is 8.44. The van der Waals surface area contributed by atoms with Gasteiger partial charge in [-0.3, -0.25) is 4.18 Å². The Morgan fingerprint density at radius 3 is 1.32 bits per heavy atom. The molecule has 2 saturated heterocycles. The first-order valence-corrected chi connectivity index (χ1v) is 29.7. The Balaban J connectivity index is 1.92. The number of hydrogen-bond acceptors (Lipinski definition) is 16. The van der Waals surface area contributed by atoms with Gasteiger partial charge >= 0.3 is 0 Å². The Kier molecular flexibility index (Phi) is 34.9. The van der Waals surface area contributed by atoms with Crippen molar-refractivity contribution in [3.05, 3.63) is 0 Å². The Hall–Kier alpha value is -0.610. The van der Waals surface area contributed by atoms with Crippen LogP contribution >= 0.6 is 0 Å².